The predicted molar refractivity (Wildman–Crippen MR) is 155 cm³/mol. The van der Waals surface area contributed by atoms with E-state index in [9.17, 15) is 0 Å². The van der Waals surface area contributed by atoms with Crippen LogP contribution in [0.15, 0.2) is 0 Å². The molecule has 6 aliphatic rings. The van der Waals surface area contributed by atoms with Crippen molar-refractivity contribution in [1.82, 2.24) is 4.90 Å². The molecule has 0 saturated carbocycles. The molecule has 6 saturated heterocycles. The standard InChI is InChI=1S/C27H53NO9P2/c1-29-15-20-22-23(31-3)25(33-5)26(36-20)34-14-9-8-11-18-19(12-10-13-28(16-38-6)17-39-7)35-27(37-22)24(32-4)21(18)30-2/h18-27,38-39H,8-17H2,1-7H3. The molecule has 6 rings (SSSR count). The molecular formula is C27H53NO9P2. The molecule has 0 aromatic heterocycles. The molecule has 6 aliphatic heterocycles. The minimum atomic E-state index is -0.657. The van der Waals surface area contributed by atoms with Gasteiger partial charge in [0.2, 0.25) is 0 Å². The van der Waals surface area contributed by atoms with Gasteiger partial charge in [0.05, 0.1) is 18.8 Å². The molecule has 0 aromatic rings. The summed E-state index contributed by atoms with van der Waals surface area (Å²) in [5, 5.41) is 0. The van der Waals surface area contributed by atoms with Crippen LogP contribution in [0.3, 0.4) is 0 Å². The second-order valence-corrected chi connectivity index (χ2v) is 12.6. The van der Waals surface area contributed by atoms with Gasteiger partial charge in [0, 0.05) is 60.6 Å². The Morgan fingerprint density at radius 3 is 2.00 bits per heavy atom. The maximum absolute atomic E-state index is 6.80. The topological polar surface area (TPSA) is 86.3 Å². The van der Waals surface area contributed by atoms with Crippen LogP contribution in [0.1, 0.15) is 32.1 Å². The van der Waals surface area contributed by atoms with E-state index < -0.39 is 43.1 Å². The second-order valence-electron chi connectivity index (χ2n) is 10.5. The Morgan fingerprint density at radius 1 is 0.744 bits per heavy atom. The maximum atomic E-state index is 6.80. The fourth-order valence-corrected chi connectivity index (χ4v) is 7.92. The summed E-state index contributed by atoms with van der Waals surface area (Å²) < 4.78 is 55.6. The van der Waals surface area contributed by atoms with Crippen LogP contribution in [0.4, 0.5) is 0 Å². The summed E-state index contributed by atoms with van der Waals surface area (Å²) >= 11 is 0. The summed E-state index contributed by atoms with van der Waals surface area (Å²) in [6.45, 7) is 6.50. The van der Waals surface area contributed by atoms with Crippen LogP contribution in [0.5, 0.6) is 0 Å². The van der Waals surface area contributed by atoms with Crippen molar-refractivity contribution >= 4 is 17.2 Å². The Hall–Kier alpha value is 0.460. The van der Waals surface area contributed by atoms with Gasteiger partial charge >= 0.3 is 0 Å². The summed E-state index contributed by atoms with van der Waals surface area (Å²) in [5.74, 6) is 0.199. The molecule has 0 aromatic carbocycles. The van der Waals surface area contributed by atoms with E-state index in [2.05, 4.69) is 18.2 Å². The molecule has 10 nitrogen and oxygen atoms in total. The Balaban J connectivity index is 1.89. The highest BCUT2D eigenvalue weighted by Gasteiger charge is 2.53. The molecule has 0 amide bonds. The highest BCUT2D eigenvalue weighted by atomic mass is 31.1. The molecular weight excluding hydrogens is 544 g/mol. The average molecular weight is 598 g/mol. The Kier molecular flexibility index (Phi) is 15.8. The van der Waals surface area contributed by atoms with Crippen LogP contribution in [-0.4, -0.2) is 141 Å². The fourth-order valence-electron chi connectivity index (χ4n) is 6.26. The van der Waals surface area contributed by atoms with Gasteiger partial charge in [-0.3, -0.25) is 4.90 Å². The molecule has 39 heavy (non-hydrogen) atoms. The summed E-state index contributed by atoms with van der Waals surface area (Å²) in [6.07, 6.45) is 3.49. The second kappa shape index (κ2) is 18.2. The lowest BCUT2D eigenvalue weighted by molar-refractivity contribution is -0.363. The van der Waals surface area contributed by atoms with E-state index in [1.165, 1.54) is 0 Å². The first-order valence-corrected chi connectivity index (χ1v) is 17.7. The zero-order chi connectivity index (χ0) is 28.2. The van der Waals surface area contributed by atoms with E-state index >= 15 is 0 Å². The van der Waals surface area contributed by atoms with Crippen molar-refractivity contribution in [2.75, 3.05) is 81.2 Å². The molecule has 0 radical (unpaired) electrons. The van der Waals surface area contributed by atoms with Crippen molar-refractivity contribution in [3.63, 3.8) is 0 Å². The lowest BCUT2D eigenvalue weighted by Crippen LogP contribution is -2.65. The average Bonchev–Trinajstić information content (AvgIpc) is 2.94. The first-order chi connectivity index (χ1) is 19.1. The van der Waals surface area contributed by atoms with Gasteiger partial charge in [-0.15, -0.1) is 17.2 Å². The third kappa shape index (κ3) is 8.98. The summed E-state index contributed by atoms with van der Waals surface area (Å²) in [4.78, 5) is 2.58. The Labute approximate surface area is 239 Å². The maximum Gasteiger partial charge on any atom is 0.187 e. The third-order valence-corrected chi connectivity index (χ3v) is 9.57. The molecule has 6 heterocycles. The highest BCUT2D eigenvalue weighted by molar-refractivity contribution is 7.37. The van der Waals surface area contributed by atoms with Gasteiger partial charge in [-0.05, 0) is 45.6 Å². The van der Waals surface area contributed by atoms with Crippen molar-refractivity contribution in [3.8, 4) is 0 Å². The van der Waals surface area contributed by atoms with Crippen LogP contribution in [0.2, 0.25) is 0 Å². The zero-order valence-electron chi connectivity index (χ0n) is 25.0. The van der Waals surface area contributed by atoms with Crippen molar-refractivity contribution in [1.29, 1.82) is 0 Å². The van der Waals surface area contributed by atoms with Crippen molar-refractivity contribution in [2.45, 2.75) is 87.4 Å². The van der Waals surface area contributed by atoms with Crippen molar-refractivity contribution in [3.05, 3.63) is 0 Å². The van der Waals surface area contributed by atoms with Gasteiger partial charge in [-0.2, -0.15) is 0 Å². The van der Waals surface area contributed by atoms with Gasteiger partial charge in [0.15, 0.2) is 12.6 Å². The van der Waals surface area contributed by atoms with Crippen LogP contribution >= 0.6 is 17.2 Å². The Bertz CT molecular complexity index is 663. The third-order valence-electron chi connectivity index (χ3n) is 8.04. The van der Waals surface area contributed by atoms with Crippen LogP contribution in [0, 0.1) is 5.92 Å². The SMILES string of the molecule is COCC1OC2OCCCCC3C(CCCN(CPC)CPC)OC(OC1C(OC)C2OC)C(OC)C3OC. The number of ether oxygens (including phenoxy) is 9. The number of hydrogen-bond acceptors (Lipinski definition) is 10. The lowest BCUT2D eigenvalue weighted by Gasteiger charge is -2.50. The molecule has 230 valence electrons. The van der Waals surface area contributed by atoms with E-state index in [4.69, 9.17) is 42.6 Å². The summed E-state index contributed by atoms with van der Waals surface area (Å²) in [6, 6.07) is 0. The quantitative estimate of drug-likeness (QED) is 0.279. The molecule has 0 spiro atoms. The first kappa shape index (κ1) is 34.0. The van der Waals surface area contributed by atoms with Gasteiger partial charge in [0.1, 0.15) is 30.5 Å². The van der Waals surface area contributed by atoms with E-state index in [0.717, 1.165) is 68.4 Å². The van der Waals surface area contributed by atoms with Gasteiger partial charge in [-0.25, -0.2) is 0 Å². The number of hydrogen-bond donors (Lipinski definition) is 0. The minimum absolute atomic E-state index is 0.0115. The van der Waals surface area contributed by atoms with Crippen LogP contribution in [-0.2, 0) is 42.6 Å². The van der Waals surface area contributed by atoms with E-state index in [1.807, 2.05) is 0 Å². The number of rotatable bonds is 14. The predicted octanol–water partition coefficient (Wildman–Crippen LogP) is 2.96. The Morgan fingerprint density at radius 2 is 1.38 bits per heavy atom. The normalized spacial score (nSPS) is 38.5. The fraction of sp³-hybridized carbons (Fsp3) is 1.00. The number of methoxy groups -OCH3 is 5. The van der Waals surface area contributed by atoms with Gasteiger partial charge in [0.25, 0.3) is 0 Å². The molecule has 12 heteroatoms. The first-order valence-electron chi connectivity index (χ1n) is 14.3. The lowest BCUT2D eigenvalue weighted by atomic mass is 9.82. The van der Waals surface area contributed by atoms with Crippen molar-refractivity contribution in [2.24, 2.45) is 5.92 Å². The van der Waals surface area contributed by atoms with Crippen molar-refractivity contribution < 1.29 is 42.6 Å². The van der Waals surface area contributed by atoms with Crippen LogP contribution < -0.4 is 0 Å². The summed E-state index contributed by atoms with van der Waals surface area (Å²) in [5.41, 5.74) is 0. The molecule has 4 bridgehead atoms. The minimum Gasteiger partial charge on any atom is -0.382 e. The van der Waals surface area contributed by atoms with E-state index in [0.29, 0.717) is 13.2 Å². The highest BCUT2D eigenvalue weighted by Crippen LogP contribution is 2.39. The largest absolute Gasteiger partial charge is 0.382 e. The smallest absolute Gasteiger partial charge is 0.187 e. The summed E-state index contributed by atoms with van der Waals surface area (Å²) in [7, 11) is 10.3. The monoisotopic (exact) mass is 597 g/mol. The molecule has 0 N–H and O–H groups in total. The van der Waals surface area contributed by atoms with Crippen LogP contribution in [0.25, 0.3) is 0 Å². The van der Waals surface area contributed by atoms with Gasteiger partial charge in [-0.1, -0.05) is 6.42 Å². The van der Waals surface area contributed by atoms with E-state index in [1.54, 1.807) is 35.5 Å². The number of nitrogens with zero attached hydrogens (tertiary/aromatic N) is 1. The molecule has 12 unspecified atom stereocenters. The molecule has 6 fully saturated rings. The van der Waals surface area contributed by atoms with Gasteiger partial charge < -0.3 is 42.6 Å². The van der Waals surface area contributed by atoms with E-state index in [-0.39, 0.29) is 18.1 Å². The molecule has 12 atom stereocenters. The molecule has 0 aliphatic carbocycles. The zero-order valence-corrected chi connectivity index (χ0v) is 27.0.